The molecule has 5 rings (SSSR count). The minimum absolute atomic E-state index is 0.0368. The number of benzene rings is 3. The van der Waals surface area contributed by atoms with Gasteiger partial charge in [-0.3, -0.25) is 33.8 Å². The number of primary amides is 1. The molecular weight excluding hydrogens is 803 g/mol. The second kappa shape index (κ2) is 22.8. The average molecular weight is 864 g/mol. The van der Waals surface area contributed by atoms with E-state index in [0.29, 0.717) is 19.5 Å². The molecule has 3 aromatic carbocycles. The van der Waals surface area contributed by atoms with Gasteiger partial charge in [-0.25, -0.2) is 0 Å². The smallest absolute Gasteiger partial charge is 0.246 e. The van der Waals surface area contributed by atoms with Crippen molar-refractivity contribution in [3.63, 3.8) is 0 Å². The lowest BCUT2D eigenvalue weighted by Crippen LogP contribution is -2.66. The highest BCUT2D eigenvalue weighted by Crippen LogP contribution is 2.28. The van der Waals surface area contributed by atoms with Crippen molar-refractivity contribution in [3.05, 3.63) is 102 Å². The van der Waals surface area contributed by atoms with Crippen molar-refractivity contribution in [2.24, 2.45) is 22.2 Å². The topological polar surface area (TPSA) is 272 Å². The van der Waals surface area contributed by atoms with Gasteiger partial charge in [0.15, 0.2) is 5.96 Å². The Morgan fingerprint density at radius 1 is 0.778 bits per heavy atom. The molecule has 0 aliphatic carbocycles. The van der Waals surface area contributed by atoms with Gasteiger partial charge in [0, 0.05) is 61.7 Å². The van der Waals surface area contributed by atoms with Crippen LogP contribution in [-0.4, -0.2) is 96.2 Å². The van der Waals surface area contributed by atoms with Gasteiger partial charge < -0.3 is 53.7 Å². The van der Waals surface area contributed by atoms with Crippen molar-refractivity contribution in [2.75, 3.05) is 31.1 Å². The normalized spacial score (nSPS) is 14.7. The summed E-state index contributed by atoms with van der Waals surface area (Å²) >= 11 is 0. The van der Waals surface area contributed by atoms with E-state index in [1.165, 1.54) is 0 Å². The van der Waals surface area contributed by atoms with Crippen molar-refractivity contribution in [1.82, 2.24) is 31.6 Å². The second-order valence-electron chi connectivity index (χ2n) is 16.1. The molecular formula is C46H61N11O6. The van der Waals surface area contributed by atoms with E-state index in [1.807, 2.05) is 92.7 Å². The largest absolute Gasteiger partial charge is 0.371 e. The number of hydrogen-bond donors (Lipinski definition) is 9. The predicted molar refractivity (Wildman–Crippen MR) is 243 cm³/mol. The number of piperidine rings is 1. The summed E-state index contributed by atoms with van der Waals surface area (Å²) < 4.78 is 0. The van der Waals surface area contributed by atoms with Gasteiger partial charge in [0.2, 0.25) is 35.4 Å². The lowest BCUT2D eigenvalue weighted by atomic mass is 9.85. The number of rotatable bonds is 22. The Labute approximate surface area is 367 Å². The molecule has 3 atom stereocenters. The third-order valence-electron chi connectivity index (χ3n) is 11.2. The van der Waals surface area contributed by atoms with Crippen LogP contribution in [-0.2, 0) is 41.6 Å². The molecule has 0 radical (unpaired) electrons. The van der Waals surface area contributed by atoms with Gasteiger partial charge in [-0.05, 0) is 68.4 Å². The van der Waals surface area contributed by atoms with Crippen LogP contribution >= 0.6 is 0 Å². The van der Waals surface area contributed by atoms with Crippen LogP contribution < -0.4 is 48.7 Å². The van der Waals surface area contributed by atoms with E-state index in [-0.39, 0.29) is 63.4 Å². The quantitative estimate of drug-likeness (QED) is 0.0316. The second-order valence-corrected chi connectivity index (χ2v) is 16.1. The Morgan fingerprint density at radius 2 is 1.43 bits per heavy atom. The van der Waals surface area contributed by atoms with Crippen molar-refractivity contribution in [1.29, 1.82) is 0 Å². The van der Waals surface area contributed by atoms with E-state index >= 15 is 0 Å². The first-order valence-corrected chi connectivity index (χ1v) is 21.5. The van der Waals surface area contributed by atoms with Gasteiger partial charge in [-0.15, -0.1) is 0 Å². The number of amides is 6. The number of fused-ring (bicyclic) bond motifs is 1. The fourth-order valence-electron chi connectivity index (χ4n) is 7.68. The molecule has 6 amide bonds. The van der Waals surface area contributed by atoms with E-state index in [2.05, 4.69) is 41.5 Å². The minimum atomic E-state index is -1.31. The number of nitrogens with one attached hydrogen (secondary N) is 6. The number of aromatic nitrogens is 1. The highest BCUT2D eigenvalue weighted by atomic mass is 16.2. The Hall–Kier alpha value is -6.91. The van der Waals surface area contributed by atoms with Crippen LogP contribution in [0.15, 0.2) is 90.1 Å². The van der Waals surface area contributed by atoms with Gasteiger partial charge in [-0.2, -0.15) is 0 Å². The van der Waals surface area contributed by atoms with E-state index < -0.39 is 59.7 Å². The maximum Gasteiger partial charge on any atom is 0.246 e. The van der Waals surface area contributed by atoms with Crippen molar-refractivity contribution >= 4 is 58.0 Å². The van der Waals surface area contributed by atoms with Crippen LogP contribution in [0.4, 0.5) is 5.69 Å². The first-order chi connectivity index (χ1) is 30.3. The molecule has 17 heteroatoms. The minimum Gasteiger partial charge on any atom is -0.371 e. The number of H-pyrrole nitrogens is 1. The number of carbonyl (C=O) groups is 6. The number of aryl methyl sites for hydroxylation is 1. The number of aromatic amines is 1. The number of unbranched alkanes of at least 4 members (excludes halogenated alkanes) is 1. The van der Waals surface area contributed by atoms with Crippen LogP contribution in [0.25, 0.3) is 10.9 Å². The Kier molecular flexibility index (Phi) is 17.1. The van der Waals surface area contributed by atoms with Crippen molar-refractivity contribution in [2.45, 2.75) is 95.3 Å². The molecule has 1 aliphatic rings. The summed E-state index contributed by atoms with van der Waals surface area (Å²) in [6.07, 6.45) is 4.43. The summed E-state index contributed by atoms with van der Waals surface area (Å²) in [5, 5.41) is 15.0. The summed E-state index contributed by atoms with van der Waals surface area (Å²) in [4.78, 5) is 91.4. The lowest BCUT2D eigenvalue weighted by molar-refractivity contribution is -0.138. The zero-order valence-electron chi connectivity index (χ0n) is 36.1. The monoisotopic (exact) mass is 863 g/mol. The van der Waals surface area contributed by atoms with Crippen LogP contribution in [0.1, 0.15) is 68.6 Å². The van der Waals surface area contributed by atoms with Crippen molar-refractivity contribution in [3.8, 4) is 0 Å². The zero-order valence-corrected chi connectivity index (χ0v) is 36.1. The number of para-hydroxylation sites is 1. The molecule has 1 aromatic heterocycles. The number of carbonyl (C=O) groups excluding carboxylic acids is 6. The number of aliphatic imine (C=N–C) groups is 1. The molecule has 0 saturated carbocycles. The van der Waals surface area contributed by atoms with Gasteiger partial charge in [-0.1, -0.05) is 79.6 Å². The van der Waals surface area contributed by atoms with E-state index in [0.717, 1.165) is 39.7 Å². The molecule has 4 aromatic rings. The standard InChI is InChI=1S/C46H61N11O6/c1-3-4-16-40(59)56-46(21-24-57(25-22-46)33-19-17-30(2)18-20-33)44(63)55-37(26-31-11-6-5-7-12-31)43(62)53-36(15-10-23-50-45(48)49)42(61)54-38(41(60)52-29-39(47)58)27-32-28-51-35-14-9-8-13-34(32)35/h5-9,11-14,17-20,28,36-38,51H,3-4,10,15-16,21-27,29H2,1-2H3,(H2,47,58)(H,52,60)(H,53,62)(H,54,61)(H,55,63)(H,56,59)(H4,48,49,50). The fraction of sp³-hybridized carbons (Fsp3) is 0.413. The number of anilines is 1. The first-order valence-electron chi connectivity index (χ1n) is 21.5. The van der Waals surface area contributed by atoms with Gasteiger partial charge in [0.25, 0.3) is 0 Å². The van der Waals surface area contributed by atoms with E-state index in [4.69, 9.17) is 17.2 Å². The highest BCUT2D eigenvalue weighted by molar-refractivity contribution is 5.98. The zero-order chi connectivity index (χ0) is 45.4. The molecule has 17 nitrogen and oxygen atoms in total. The van der Waals surface area contributed by atoms with Crippen LogP contribution in [0.3, 0.4) is 0 Å². The third-order valence-corrected chi connectivity index (χ3v) is 11.2. The van der Waals surface area contributed by atoms with Gasteiger partial charge >= 0.3 is 0 Å². The molecule has 63 heavy (non-hydrogen) atoms. The molecule has 0 bridgehead atoms. The number of hydrogen-bond acceptors (Lipinski definition) is 8. The summed E-state index contributed by atoms with van der Waals surface area (Å²) in [6.45, 7) is 4.64. The Morgan fingerprint density at radius 3 is 2.11 bits per heavy atom. The summed E-state index contributed by atoms with van der Waals surface area (Å²) in [7, 11) is 0. The van der Waals surface area contributed by atoms with Crippen LogP contribution in [0, 0.1) is 6.92 Å². The highest BCUT2D eigenvalue weighted by Gasteiger charge is 2.44. The first kappa shape index (κ1) is 47.1. The van der Waals surface area contributed by atoms with Gasteiger partial charge in [0.05, 0.1) is 6.54 Å². The maximum absolute atomic E-state index is 14.7. The molecule has 1 aliphatic heterocycles. The van der Waals surface area contributed by atoms with Gasteiger partial charge in [0.1, 0.15) is 23.7 Å². The molecule has 12 N–H and O–H groups in total. The van der Waals surface area contributed by atoms with Crippen molar-refractivity contribution < 1.29 is 28.8 Å². The average Bonchev–Trinajstić information content (AvgIpc) is 3.68. The number of guanidine groups is 1. The maximum atomic E-state index is 14.7. The van der Waals surface area contributed by atoms with E-state index in [9.17, 15) is 28.8 Å². The summed E-state index contributed by atoms with van der Waals surface area (Å²) in [5.74, 6) is -3.69. The molecule has 3 unspecified atom stereocenters. The number of nitrogens with two attached hydrogens (primary N) is 3. The fourth-order valence-corrected chi connectivity index (χ4v) is 7.68. The van der Waals surface area contributed by atoms with E-state index in [1.54, 1.807) is 6.20 Å². The molecule has 1 saturated heterocycles. The molecule has 2 heterocycles. The van der Waals surface area contributed by atoms with Crippen LogP contribution in [0.5, 0.6) is 0 Å². The molecule has 336 valence electrons. The summed E-state index contributed by atoms with van der Waals surface area (Å²) in [6, 6.07) is 21.1. The Balaban J connectivity index is 1.41. The summed E-state index contributed by atoms with van der Waals surface area (Å²) in [5.41, 5.74) is 19.6. The SMILES string of the molecule is CCCCC(=O)NC1(C(=O)NC(Cc2ccccc2)C(=O)NC(CCCN=C(N)N)C(=O)NC(Cc2c[nH]c3ccccc23)C(=O)NCC(N)=O)CCN(c2ccc(C)cc2)CC1. The lowest BCUT2D eigenvalue weighted by Gasteiger charge is -2.42. The number of nitrogens with zero attached hydrogens (tertiary/aromatic N) is 2. The van der Waals surface area contributed by atoms with Crippen LogP contribution in [0.2, 0.25) is 0 Å². The third kappa shape index (κ3) is 13.8. The molecule has 0 spiro atoms. The Bertz CT molecular complexity index is 2210. The molecule has 1 fully saturated rings. The predicted octanol–water partition coefficient (Wildman–Crippen LogP) is 1.72.